The highest BCUT2D eigenvalue weighted by atomic mass is 35.5. The van der Waals surface area contributed by atoms with Crippen molar-refractivity contribution in [2.75, 3.05) is 5.88 Å². The minimum atomic E-state index is -1.04. The molecule has 0 saturated carbocycles. The summed E-state index contributed by atoms with van der Waals surface area (Å²) >= 11 is 17.4. The van der Waals surface area contributed by atoms with Crippen LogP contribution < -0.4 is 5.32 Å². The fraction of sp³-hybridized carbons (Fsp3) is 0.385. The van der Waals surface area contributed by atoms with Gasteiger partial charge in [0.1, 0.15) is 0 Å². The first-order chi connectivity index (χ1) is 8.69. The lowest BCUT2D eigenvalue weighted by molar-refractivity contribution is -0.121. The SMILES string of the molecule is Cc1c(Cl)cc(C(=O)NC(C)(C)C(=O)CCl)cc1Cl. The van der Waals surface area contributed by atoms with Crippen molar-refractivity contribution in [2.45, 2.75) is 26.3 Å². The van der Waals surface area contributed by atoms with Gasteiger partial charge in [-0.1, -0.05) is 23.2 Å². The van der Waals surface area contributed by atoms with Gasteiger partial charge in [0.15, 0.2) is 5.78 Å². The molecular weight excluding hydrogens is 309 g/mol. The topological polar surface area (TPSA) is 46.2 Å². The summed E-state index contributed by atoms with van der Waals surface area (Å²) in [5.74, 6) is -0.859. The largest absolute Gasteiger partial charge is 0.340 e. The zero-order valence-corrected chi connectivity index (χ0v) is 13.1. The summed E-state index contributed by atoms with van der Waals surface area (Å²) in [6, 6.07) is 3.03. The van der Waals surface area contributed by atoms with E-state index in [4.69, 9.17) is 34.8 Å². The van der Waals surface area contributed by atoms with Gasteiger partial charge >= 0.3 is 0 Å². The second-order valence-electron chi connectivity index (χ2n) is 4.70. The molecule has 1 rings (SSSR count). The zero-order valence-electron chi connectivity index (χ0n) is 10.8. The Labute approximate surface area is 127 Å². The maximum atomic E-state index is 12.1. The van der Waals surface area contributed by atoms with Crippen molar-refractivity contribution in [1.29, 1.82) is 0 Å². The molecule has 0 aromatic heterocycles. The van der Waals surface area contributed by atoms with Crippen molar-refractivity contribution in [2.24, 2.45) is 0 Å². The molecular formula is C13H14Cl3NO2. The molecule has 3 nitrogen and oxygen atoms in total. The summed E-state index contributed by atoms with van der Waals surface area (Å²) in [5, 5.41) is 3.41. The molecule has 0 radical (unpaired) electrons. The molecule has 0 spiro atoms. The standard InChI is InChI=1S/C13H14Cl3NO2/c1-7-9(15)4-8(5-10(7)16)12(19)17-13(2,3)11(18)6-14/h4-5H,6H2,1-3H3,(H,17,19). The average molecular weight is 323 g/mol. The molecule has 0 fully saturated rings. The van der Waals surface area contributed by atoms with Gasteiger partial charge < -0.3 is 5.32 Å². The highest BCUT2D eigenvalue weighted by molar-refractivity contribution is 6.36. The van der Waals surface area contributed by atoms with E-state index < -0.39 is 11.4 Å². The van der Waals surface area contributed by atoms with Crippen LogP contribution in [0.4, 0.5) is 0 Å². The molecule has 19 heavy (non-hydrogen) atoms. The highest BCUT2D eigenvalue weighted by Crippen LogP contribution is 2.25. The van der Waals surface area contributed by atoms with E-state index in [1.807, 2.05) is 0 Å². The number of Topliss-reactive ketones (excluding diaryl/α,β-unsaturated/α-hetero) is 1. The summed E-state index contributed by atoms with van der Waals surface area (Å²) < 4.78 is 0. The molecule has 1 aromatic carbocycles. The molecule has 104 valence electrons. The van der Waals surface area contributed by atoms with Crippen LogP contribution in [-0.4, -0.2) is 23.1 Å². The first-order valence-electron chi connectivity index (χ1n) is 5.56. The Morgan fingerprint density at radius 1 is 1.21 bits per heavy atom. The second kappa shape index (κ2) is 6.12. The van der Waals surface area contributed by atoms with Gasteiger partial charge in [0.25, 0.3) is 5.91 Å². The molecule has 0 aliphatic rings. The molecule has 0 aliphatic heterocycles. The second-order valence-corrected chi connectivity index (χ2v) is 5.78. The van der Waals surface area contributed by atoms with E-state index in [2.05, 4.69) is 5.32 Å². The smallest absolute Gasteiger partial charge is 0.252 e. The highest BCUT2D eigenvalue weighted by Gasteiger charge is 2.29. The van der Waals surface area contributed by atoms with Crippen LogP contribution in [0.3, 0.4) is 0 Å². The Bertz CT molecular complexity index is 504. The summed E-state index contributed by atoms with van der Waals surface area (Å²) in [4.78, 5) is 23.7. The third kappa shape index (κ3) is 3.85. The van der Waals surface area contributed by atoms with Crippen molar-refractivity contribution >= 4 is 46.5 Å². The van der Waals surface area contributed by atoms with E-state index in [-0.39, 0.29) is 11.7 Å². The molecule has 6 heteroatoms. The van der Waals surface area contributed by atoms with Crippen molar-refractivity contribution in [1.82, 2.24) is 5.32 Å². The number of hydrogen-bond acceptors (Lipinski definition) is 2. The third-order valence-electron chi connectivity index (χ3n) is 2.79. The number of nitrogens with one attached hydrogen (secondary N) is 1. The minimum Gasteiger partial charge on any atom is -0.340 e. The van der Waals surface area contributed by atoms with Gasteiger partial charge in [-0.2, -0.15) is 0 Å². The van der Waals surface area contributed by atoms with Gasteiger partial charge in [0.2, 0.25) is 0 Å². The summed E-state index contributed by atoms with van der Waals surface area (Å²) in [6.07, 6.45) is 0. The number of carbonyl (C=O) groups is 2. The number of ketones is 1. The summed E-state index contributed by atoms with van der Waals surface area (Å²) in [6.45, 7) is 4.94. The minimum absolute atomic E-state index is 0.164. The molecule has 0 atom stereocenters. The monoisotopic (exact) mass is 321 g/mol. The lowest BCUT2D eigenvalue weighted by atomic mass is 9.99. The quantitative estimate of drug-likeness (QED) is 0.861. The first-order valence-corrected chi connectivity index (χ1v) is 6.85. The van der Waals surface area contributed by atoms with E-state index >= 15 is 0 Å². The van der Waals surface area contributed by atoms with Crippen LogP contribution in [-0.2, 0) is 4.79 Å². The Kier molecular flexibility index (Phi) is 5.25. The summed E-state index contributed by atoms with van der Waals surface area (Å²) in [7, 11) is 0. The molecule has 0 saturated heterocycles. The van der Waals surface area contributed by atoms with Gasteiger partial charge in [0.05, 0.1) is 11.4 Å². The number of benzene rings is 1. The van der Waals surface area contributed by atoms with Crippen LogP contribution in [0.2, 0.25) is 10.0 Å². The molecule has 0 unspecified atom stereocenters. The lowest BCUT2D eigenvalue weighted by Crippen LogP contribution is -2.50. The lowest BCUT2D eigenvalue weighted by Gasteiger charge is -2.24. The molecule has 1 amide bonds. The van der Waals surface area contributed by atoms with Crippen LogP contribution >= 0.6 is 34.8 Å². The van der Waals surface area contributed by atoms with Gasteiger partial charge in [-0.25, -0.2) is 0 Å². The normalized spacial score (nSPS) is 11.3. The van der Waals surface area contributed by atoms with Crippen LogP contribution in [0.25, 0.3) is 0 Å². The van der Waals surface area contributed by atoms with E-state index in [1.165, 1.54) is 12.1 Å². The maximum Gasteiger partial charge on any atom is 0.252 e. The van der Waals surface area contributed by atoms with Crippen molar-refractivity contribution in [3.05, 3.63) is 33.3 Å². The predicted molar refractivity (Wildman–Crippen MR) is 78.5 cm³/mol. The van der Waals surface area contributed by atoms with Crippen molar-refractivity contribution in [3.8, 4) is 0 Å². The van der Waals surface area contributed by atoms with Crippen LogP contribution in [0.5, 0.6) is 0 Å². The number of hydrogen-bond donors (Lipinski definition) is 1. The molecule has 0 bridgehead atoms. The number of carbonyl (C=O) groups excluding carboxylic acids is 2. The van der Waals surface area contributed by atoms with Gasteiger partial charge in [-0.15, -0.1) is 11.6 Å². The van der Waals surface area contributed by atoms with E-state index in [1.54, 1.807) is 20.8 Å². The average Bonchev–Trinajstić information content (AvgIpc) is 2.33. The molecule has 0 aliphatic carbocycles. The Morgan fingerprint density at radius 3 is 2.11 bits per heavy atom. The van der Waals surface area contributed by atoms with E-state index in [0.717, 1.165) is 0 Å². The number of halogens is 3. The van der Waals surface area contributed by atoms with Crippen LogP contribution in [0.15, 0.2) is 12.1 Å². The van der Waals surface area contributed by atoms with Crippen molar-refractivity contribution < 1.29 is 9.59 Å². The zero-order chi connectivity index (χ0) is 14.8. The predicted octanol–water partition coefficient (Wildman–Crippen LogP) is 3.62. The maximum absolute atomic E-state index is 12.1. The Hall–Kier alpha value is -0.770. The molecule has 1 aromatic rings. The fourth-order valence-corrected chi connectivity index (χ4v) is 2.19. The first kappa shape index (κ1) is 16.3. The Morgan fingerprint density at radius 2 is 1.68 bits per heavy atom. The van der Waals surface area contributed by atoms with Gasteiger partial charge in [-0.05, 0) is 38.5 Å². The number of rotatable bonds is 4. The van der Waals surface area contributed by atoms with Gasteiger partial charge in [0, 0.05) is 15.6 Å². The van der Waals surface area contributed by atoms with E-state index in [0.29, 0.717) is 21.2 Å². The summed E-state index contributed by atoms with van der Waals surface area (Å²) in [5.41, 5.74) is -0.0325. The molecule has 0 heterocycles. The van der Waals surface area contributed by atoms with E-state index in [9.17, 15) is 9.59 Å². The van der Waals surface area contributed by atoms with Crippen LogP contribution in [0, 0.1) is 6.92 Å². The fourth-order valence-electron chi connectivity index (χ4n) is 1.37. The number of amides is 1. The Balaban J connectivity index is 3.00. The molecule has 1 N–H and O–H groups in total. The van der Waals surface area contributed by atoms with Gasteiger partial charge in [-0.3, -0.25) is 9.59 Å². The number of alkyl halides is 1. The van der Waals surface area contributed by atoms with Crippen LogP contribution in [0.1, 0.15) is 29.8 Å². The third-order valence-corrected chi connectivity index (χ3v) is 3.82. The van der Waals surface area contributed by atoms with Crippen molar-refractivity contribution in [3.63, 3.8) is 0 Å².